The minimum absolute atomic E-state index is 0. The number of hydrogen-bond donors (Lipinski definition) is 3. The van der Waals surface area contributed by atoms with Crippen molar-refractivity contribution in [3.63, 3.8) is 0 Å². The maximum absolute atomic E-state index is 11.7. The van der Waals surface area contributed by atoms with E-state index < -0.39 is 10.0 Å². The molecule has 3 aromatic carbocycles. The zero-order valence-electron chi connectivity index (χ0n) is 21.4. The number of nitrogens with zero attached hydrogens (tertiary/aromatic N) is 5. The molecule has 0 bridgehead atoms. The van der Waals surface area contributed by atoms with Gasteiger partial charge in [-0.15, -0.1) is 12.4 Å². The number of fused-ring (bicyclic) bond motifs is 1. The number of nitrogens with two attached hydrogens (primary N) is 1. The Kier molecular flexibility index (Phi) is 8.34. The number of imidazole rings is 1. The van der Waals surface area contributed by atoms with Crippen LogP contribution >= 0.6 is 12.4 Å². The van der Waals surface area contributed by atoms with Crippen LogP contribution in [0.5, 0.6) is 0 Å². The number of nitrogens with one attached hydrogen (secondary N) is 2. The molecule has 0 aliphatic rings. The minimum Gasteiger partial charge on any atom is -0.352 e. The monoisotopic (exact) mass is 564 g/mol. The van der Waals surface area contributed by atoms with Crippen molar-refractivity contribution >= 4 is 62.6 Å². The number of hydrogen-bond acceptors (Lipinski definition) is 8. The Labute approximate surface area is 233 Å². The molecule has 5 rings (SSSR count). The lowest BCUT2D eigenvalue weighted by atomic mass is 10.2. The molecular formula is C27H29ClN8O2S. The summed E-state index contributed by atoms with van der Waals surface area (Å²) in [6.45, 7) is 3.58. The maximum atomic E-state index is 11.7. The highest BCUT2D eigenvalue weighted by atomic mass is 35.5. The van der Waals surface area contributed by atoms with Gasteiger partial charge < -0.3 is 20.1 Å². The Morgan fingerprint density at radius 1 is 0.974 bits per heavy atom. The molecule has 0 saturated heterocycles. The summed E-state index contributed by atoms with van der Waals surface area (Å²) in [5, 5.41) is 11.7. The molecule has 202 valence electrons. The molecule has 5 aromatic rings. The van der Waals surface area contributed by atoms with E-state index in [9.17, 15) is 8.42 Å². The predicted molar refractivity (Wildman–Crippen MR) is 158 cm³/mol. The lowest BCUT2D eigenvalue weighted by molar-refractivity contribution is 0.598. The zero-order chi connectivity index (χ0) is 26.7. The van der Waals surface area contributed by atoms with Crippen molar-refractivity contribution in [2.75, 3.05) is 22.6 Å². The third-order valence-electron chi connectivity index (χ3n) is 6.13. The number of anilines is 5. The van der Waals surface area contributed by atoms with Crippen LogP contribution in [0.3, 0.4) is 0 Å². The van der Waals surface area contributed by atoms with Gasteiger partial charge in [0.05, 0.1) is 15.9 Å². The van der Waals surface area contributed by atoms with Crippen LogP contribution < -0.4 is 20.7 Å². The van der Waals surface area contributed by atoms with Gasteiger partial charge in [-0.1, -0.05) is 36.4 Å². The van der Waals surface area contributed by atoms with Gasteiger partial charge in [-0.25, -0.2) is 23.5 Å². The number of aromatic nitrogens is 4. The first-order valence-electron chi connectivity index (χ1n) is 12.1. The molecule has 2 aromatic heterocycles. The minimum atomic E-state index is -3.82. The highest BCUT2D eigenvalue weighted by Gasteiger charge is 2.14. The van der Waals surface area contributed by atoms with Crippen molar-refractivity contribution in [3.8, 4) is 0 Å². The molecule has 0 saturated carbocycles. The Hall–Kier alpha value is -4.19. The van der Waals surface area contributed by atoms with Gasteiger partial charge in [0.15, 0.2) is 0 Å². The lowest BCUT2D eigenvalue weighted by Crippen LogP contribution is -2.13. The lowest BCUT2D eigenvalue weighted by Gasteiger charge is -2.19. The highest BCUT2D eigenvalue weighted by Crippen LogP contribution is 2.29. The number of aryl methyl sites for hydroxylation is 1. The number of benzene rings is 3. The Balaban J connectivity index is 0.00000353. The van der Waals surface area contributed by atoms with Crippen molar-refractivity contribution in [1.29, 1.82) is 0 Å². The fourth-order valence-electron chi connectivity index (χ4n) is 4.17. The van der Waals surface area contributed by atoms with Crippen molar-refractivity contribution in [3.05, 3.63) is 90.6 Å². The Morgan fingerprint density at radius 2 is 1.77 bits per heavy atom. The normalized spacial score (nSPS) is 11.2. The zero-order valence-corrected chi connectivity index (χ0v) is 23.1. The van der Waals surface area contributed by atoms with Gasteiger partial charge in [0.2, 0.25) is 21.9 Å². The molecule has 0 spiro atoms. The van der Waals surface area contributed by atoms with Crippen molar-refractivity contribution in [1.82, 2.24) is 19.5 Å². The van der Waals surface area contributed by atoms with E-state index in [2.05, 4.69) is 50.3 Å². The summed E-state index contributed by atoms with van der Waals surface area (Å²) < 4.78 is 25.5. The predicted octanol–water partition coefficient (Wildman–Crippen LogP) is 5.04. The van der Waals surface area contributed by atoms with E-state index in [0.717, 1.165) is 29.2 Å². The molecule has 0 aliphatic heterocycles. The highest BCUT2D eigenvalue weighted by molar-refractivity contribution is 7.89. The number of rotatable bonds is 9. The van der Waals surface area contributed by atoms with E-state index in [-0.39, 0.29) is 17.3 Å². The van der Waals surface area contributed by atoms with Crippen LogP contribution in [0.4, 0.5) is 29.1 Å². The van der Waals surface area contributed by atoms with E-state index in [1.807, 2.05) is 42.3 Å². The Bertz CT molecular complexity index is 1690. The van der Waals surface area contributed by atoms with Crippen LogP contribution in [0.1, 0.15) is 12.5 Å². The molecule has 10 nitrogen and oxygen atoms in total. The van der Waals surface area contributed by atoms with Crippen LogP contribution in [-0.2, 0) is 23.1 Å². The second-order valence-corrected chi connectivity index (χ2v) is 10.2. The molecule has 0 radical (unpaired) electrons. The van der Waals surface area contributed by atoms with Crippen LogP contribution in [0.15, 0.2) is 90.0 Å². The summed E-state index contributed by atoms with van der Waals surface area (Å²) in [5.41, 5.74) is 4.53. The van der Waals surface area contributed by atoms with Gasteiger partial charge in [-0.05, 0) is 55.0 Å². The van der Waals surface area contributed by atoms with E-state index in [4.69, 9.17) is 10.1 Å². The van der Waals surface area contributed by atoms with E-state index >= 15 is 0 Å². The summed E-state index contributed by atoms with van der Waals surface area (Å²) >= 11 is 0. The van der Waals surface area contributed by atoms with Gasteiger partial charge in [0.25, 0.3) is 0 Å². The van der Waals surface area contributed by atoms with E-state index in [1.165, 1.54) is 17.7 Å². The molecule has 0 fully saturated rings. The first kappa shape index (κ1) is 27.8. The number of halogens is 1. The van der Waals surface area contributed by atoms with Crippen molar-refractivity contribution < 1.29 is 8.42 Å². The molecule has 0 unspecified atom stereocenters. The summed E-state index contributed by atoms with van der Waals surface area (Å²) in [4.78, 5) is 15.7. The maximum Gasteiger partial charge on any atom is 0.238 e. The van der Waals surface area contributed by atoms with Gasteiger partial charge in [-0.2, -0.15) is 4.98 Å². The quantitative estimate of drug-likeness (QED) is 0.227. The molecule has 12 heteroatoms. The summed E-state index contributed by atoms with van der Waals surface area (Å²) in [7, 11) is -1.90. The fraction of sp³-hybridized carbons (Fsp3) is 0.148. The molecule has 4 N–H and O–H groups in total. The third kappa shape index (κ3) is 6.28. The summed E-state index contributed by atoms with van der Waals surface area (Å²) in [6.07, 6.45) is 1.64. The van der Waals surface area contributed by atoms with Crippen LogP contribution in [0, 0.1) is 0 Å². The largest absolute Gasteiger partial charge is 0.352 e. The average Bonchev–Trinajstić information content (AvgIpc) is 3.28. The van der Waals surface area contributed by atoms with Gasteiger partial charge in [-0.3, -0.25) is 0 Å². The van der Waals surface area contributed by atoms with Gasteiger partial charge >= 0.3 is 0 Å². The van der Waals surface area contributed by atoms with Gasteiger partial charge in [0.1, 0.15) is 5.82 Å². The first-order valence-corrected chi connectivity index (χ1v) is 13.6. The average molecular weight is 565 g/mol. The standard InChI is InChI=1S/C27H28N8O2S.ClH/c1-3-35-24-13-12-21(17-23(24)32-27(35)30-18-19-8-5-4-6-9-19)34(2)25-14-15-29-26(33-25)31-20-10-7-11-22(16-20)38(28,36)37;/h4-17H,3,18H2,1-2H3,(H,30,32)(H2,28,36,37)(H,29,31,33);1H. The van der Waals surface area contributed by atoms with Crippen LogP contribution in [0.2, 0.25) is 0 Å². The topological polar surface area (TPSA) is 131 Å². The number of sulfonamides is 1. The van der Waals surface area contributed by atoms with Crippen LogP contribution in [0.25, 0.3) is 11.0 Å². The van der Waals surface area contributed by atoms with E-state index in [1.54, 1.807) is 24.4 Å². The number of primary sulfonamides is 1. The third-order valence-corrected chi connectivity index (χ3v) is 7.04. The van der Waals surface area contributed by atoms with E-state index in [0.29, 0.717) is 24.0 Å². The summed E-state index contributed by atoms with van der Waals surface area (Å²) in [5.74, 6) is 1.80. The Morgan fingerprint density at radius 3 is 2.51 bits per heavy atom. The molecule has 0 amide bonds. The van der Waals surface area contributed by atoms with Gasteiger partial charge in [0, 0.05) is 37.7 Å². The second kappa shape index (κ2) is 11.7. The second-order valence-electron chi connectivity index (χ2n) is 8.69. The molecular weight excluding hydrogens is 536 g/mol. The smallest absolute Gasteiger partial charge is 0.238 e. The fourth-order valence-corrected chi connectivity index (χ4v) is 4.73. The molecule has 39 heavy (non-hydrogen) atoms. The molecule has 2 heterocycles. The SMILES string of the molecule is CCn1c(NCc2ccccc2)nc2cc(N(C)c3ccnc(Nc4cccc(S(N)(=O)=O)c4)n3)ccc21.Cl. The van der Waals surface area contributed by atoms with Crippen molar-refractivity contribution in [2.45, 2.75) is 24.9 Å². The first-order chi connectivity index (χ1) is 18.3. The van der Waals surface area contributed by atoms with Crippen molar-refractivity contribution in [2.24, 2.45) is 5.14 Å². The summed E-state index contributed by atoms with van der Waals surface area (Å²) in [6, 6.07) is 24.3. The van der Waals surface area contributed by atoms with Crippen LogP contribution in [-0.4, -0.2) is 35.0 Å². The molecule has 0 atom stereocenters. The molecule has 0 aliphatic carbocycles.